The highest BCUT2D eigenvalue weighted by Gasteiger charge is 2.17. The second kappa shape index (κ2) is 5.14. The van der Waals surface area contributed by atoms with Crippen molar-refractivity contribution in [2.45, 2.75) is 4.90 Å². The summed E-state index contributed by atoms with van der Waals surface area (Å²) in [6.45, 7) is 0. The molecule has 0 unspecified atom stereocenters. The number of hydrogen-bond donors (Lipinski definition) is 1. The number of halogens is 2. The Balaban J connectivity index is 2.37. The SMILES string of the molecule is O=S(=O)(Nc1cc(Cl)ccn1)c1ccccc1Cl. The number of nitrogens with one attached hydrogen (secondary N) is 1. The number of pyridine rings is 1. The molecule has 0 aliphatic rings. The van der Waals surface area contributed by atoms with Crippen molar-refractivity contribution < 1.29 is 8.42 Å². The molecule has 1 heterocycles. The van der Waals surface area contributed by atoms with Gasteiger partial charge >= 0.3 is 0 Å². The van der Waals surface area contributed by atoms with E-state index in [-0.39, 0.29) is 15.7 Å². The van der Waals surface area contributed by atoms with Crippen molar-refractivity contribution >= 4 is 39.0 Å². The maximum absolute atomic E-state index is 12.1. The van der Waals surface area contributed by atoms with Gasteiger partial charge in [-0.15, -0.1) is 0 Å². The molecule has 0 saturated heterocycles. The molecule has 0 aliphatic carbocycles. The summed E-state index contributed by atoms with van der Waals surface area (Å²) in [5.41, 5.74) is 0. The minimum Gasteiger partial charge on any atom is -0.263 e. The van der Waals surface area contributed by atoms with Gasteiger partial charge in [-0.2, -0.15) is 0 Å². The minimum atomic E-state index is -3.76. The van der Waals surface area contributed by atoms with Crippen LogP contribution < -0.4 is 4.72 Å². The monoisotopic (exact) mass is 302 g/mol. The summed E-state index contributed by atoms with van der Waals surface area (Å²) in [4.78, 5) is 3.86. The smallest absolute Gasteiger partial charge is 0.263 e. The van der Waals surface area contributed by atoms with Gasteiger partial charge in [-0.1, -0.05) is 35.3 Å². The average molecular weight is 303 g/mol. The van der Waals surface area contributed by atoms with Gasteiger partial charge in [0, 0.05) is 17.3 Å². The van der Waals surface area contributed by atoms with Crippen molar-refractivity contribution in [3.05, 3.63) is 52.6 Å². The average Bonchev–Trinajstić information content (AvgIpc) is 2.28. The van der Waals surface area contributed by atoms with Crippen molar-refractivity contribution in [3.63, 3.8) is 0 Å². The molecule has 0 fully saturated rings. The summed E-state index contributed by atoms with van der Waals surface area (Å²) < 4.78 is 26.4. The summed E-state index contributed by atoms with van der Waals surface area (Å²) in [7, 11) is -3.76. The lowest BCUT2D eigenvalue weighted by molar-refractivity contribution is 0.601. The van der Waals surface area contributed by atoms with E-state index in [2.05, 4.69) is 9.71 Å². The summed E-state index contributed by atoms with van der Waals surface area (Å²) in [6, 6.07) is 9.12. The third-order valence-corrected chi connectivity index (χ3v) is 4.18. The molecule has 0 aliphatic heterocycles. The van der Waals surface area contributed by atoms with Crippen LogP contribution in [0.2, 0.25) is 10.0 Å². The van der Waals surface area contributed by atoms with Gasteiger partial charge < -0.3 is 0 Å². The van der Waals surface area contributed by atoms with Crippen LogP contribution >= 0.6 is 23.2 Å². The van der Waals surface area contributed by atoms with Crippen molar-refractivity contribution in [2.24, 2.45) is 0 Å². The topological polar surface area (TPSA) is 59.1 Å². The molecule has 0 bridgehead atoms. The Bertz CT molecular complexity index is 674. The highest BCUT2D eigenvalue weighted by molar-refractivity contribution is 7.92. The van der Waals surface area contributed by atoms with Crippen LogP contribution in [-0.2, 0) is 10.0 Å². The van der Waals surface area contributed by atoms with Gasteiger partial charge in [0.05, 0.1) is 5.02 Å². The summed E-state index contributed by atoms with van der Waals surface area (Å²) in [5, 5.41) is 0.536. The number of aromatic nitrogens is 1. The lowest BCUT2D eigenvalue weighted by Gasteiger charge is -2.08. The van der Waals surface area contributed by atoms with E-state index in [4.69, 9.17) is 23.2 Å². The van der Waals surface area contributed by atoms with E-state index in [0.717, 1.165) is 0 Å². The van der Waals surface area contributed by atoms with Crippen LogP contribution in [0.5, 0.6) is 0 Å². The first-order valence-electron chi connectivity index (χ1n) is 4.88. The predicted octanol–water partition coefficient (Wildman–Crippen LogP) is 3.19. The number of sulfonamides is 1. The van der Waals surface area contributed by atoms with Crippen LogP contribution in [0.1, 0.15) is 0 Å². The van der Waals surface area contributed by atoms with Crippen LogP contribution in [0.15, 0.2) is 47.5 Å². The lowest BCUT2D eigenvalue weighted by Crippen LogP contribution is -2.14. The molecule has 1 aromatic carbocycles. The van der Waals surface area contributed by atoms with Crippen molar-refractivity contribution in [2.75, 3.05) is 4.72 Å². The molecule has 0 spiro atoms. The van der Waals surface area contributed by atoms with Gasteiger partial charge in [0.25, 0.3) is 10.0 Å². The largest absolute Gasteiger partial charge is 0.264 e. The van der Waals surface area contributed by atoms with E-state index in [0.29, 0.717) is 5.02 Å². The Morgan fingerprint density at radius 3 is 2.50 bits per heavy atom. The van der Waals surface area contributed by atoms with E-state index in [1.165, 1.54) is 24.4 Å². The second-order valence-corrected chi connectivity index (χ2v) is 5.89. The highest BCUT2D eigenvalue weighted by Crippen LogP contribution is 2.23. The number of nitrogens with zero attached hydrogens (tertiary/aromatic N) is 1. The molecule has 0 amide bonds. The molecule has 1 aromatic heterocycles. The predicted molar refractivity (Wildman–Crippen MR) is 71.5 cm³/mol. The number of rotatable bonds is 3. The Hall–Kier alpha value is -1.30. The van der Waals surface area contributed by atoms with Gasteiger partial charge in [0.1, 0.15) is 10.7 Å². The molecule has 2 aromatic rings. The van der Waals surface area contributed by atoms with E-state index < -0.39 is 10.0 Å². The van der Waals surface area contributed by atoms with Crippen LogP contribution in [0.25, 0.3) is 0 Å². The quantitative estimate of drug-likeness (QED) is 0.947. The van der Waals surface area contributed by atoms with E-state index >= 15 is 0 Å². The van der Waals surface area contributed by atoms with Crippen molar-refractivity contribution in [1.82, 2.24) is 4.98 Å². The highest BCUT2D eigenvalue weighted by atomic mass is 35.5. The van der Waals surface area contributed by atoms with E-state index in [9.17, 15) is 8.42 Å². The zero-order valence-electron chi connectivity index (χ0n) is 8.97. The molecule has 7 heteroatoms. The van der Waals surface area contributed by atoms with Gasteiger partial charge in [0.2, 0.25) is 0 Å². The molecule has 2 rings (SSSR count). The first-order chi connectivity index (χ1) is 8.49. The number of hydrogen-bond acceptors (Lipinski definition) is 3. The Morgan fingerprint density at radius 1 is 1.11 bits per heavy atom. The van der Waals surface area contributed by atoms with Crippen LogP contribution in [-0.4, -0.2) is 13.4 Å². The zero-order chi connectivity index (χ0) is 13.2. The van der Waals surface area contributed by atoms with Crippen molar-refractivity contribution in [1.29, 1.82) is 0 Å². The fourth-order valence-corrected chi connectivity index (χ4v) is 3.00. The number of anilines is 1. The first kappa shape index (κ1) is 13.1. The van der Waals surface area contributed by atoms with Crippen LogP contribution in [0, 0.1) is 0 Å². The molecule has 18 heavy (non-hydrogen) atoms. The van der Waals surface area contributed by atoms with Crippen molar-refractivity contribution in [3.8, 4) is 0 Å². The maximum Gasteiger partial charge on any atom is 0.264 e. The molecular formula is C11H8Cl2N2O2S. The molecule has 4 nitrogen and oxygen atoms in total. The Kier molecular flexibility index (Phi) is 3.75. The van der Waals surface area contributed by atoms with Gasteiger partial charge in [-0.3, -0.25) is 4.72 Å². The standard InChI is InChI=1S/C11H8Cl2N2O2S/c12-8-5-6-14-11(7-8)15-18(16,17)10-4-2-1-3-9(10)13/h1-7H,(H,14,15). The van der Waals surface area contributed by atoms with Crippen LogP contribution in [0.3, 0.4) is 0 Å². The fourth-order valence-electron chi connectivity index (χ4n) is 1.32. The summed E-state index contributed by atoms with van der Waals surface area (Å²) in [5.74, 6) is 0.141. The second-order valence-electron chi connectivity index (χ2n) is 3.40. The molecular weight excluding hydrogens is 295 g/mol. The third kappa shape index (κ3) is 2.93. The Morgan fingerprint density at radius 2 is 1.83 bits per heavy atom. The number of benzene rings is 1. The summed E-state index contributed by atoms with van der Waals surface area (Å²) in [6.07, 6.45) is 1.41. The minimum absolute atomic E-state index is 0.00607. The molecule has 0 atom stereocenters. The fraction of sp³-hybridized carbons (Fsp3) is 0. The van der Waals surface area contributed by atoms with Gasteiger partial charge in [0.15, 0.2) is 0 Å². The lowest BCUT2D eigenvalue weighted by atomic mass is 10.4. The third-order valence-electron chi connectivity index (χ3n) is 2.09. The molecule has 94 valence electrons. The van der Waals surface area contributed by atoms with E-state index in [1.807, 2.05) is 0 Å². The molecule has 0 radical (unpaired) electrons. The molecule has 1 N–H and O–H groups in total. The Labute approximate surface area is 115 Å². The molecule has 0 saturated carbocycles. The normalized spacial score (nSPS) is 11.2. The zero-order valence-corrected chi connectivity index (χ0v) is 11.3. The maximum atomic E-state index is 12.1. The van der Waals surface area contributed by atoms with Gasteiger partial charge in [-0.05, 0) is 18.2 Å². The van der Waals surface area contributed by atoms with E-state index in [1.54, 1.807) is 18.2 Å². The summed E-state index contributed by atoms with van der Waals surface area (Å²) >= 11 is 11.6. The first-order valence-corrected chi connectivity index (χ1v) is 7.12. The van der Waals surface area contributed by atoms with Gasteiger partial charge in [-0.25, -0.2) is 13.4 Å². The van der Waals surface area contributed by atoms with Crippen LogP contribution in [0.4, 0.5) is 5.82 Å².